The summed E-state index contributed by atoms with van der Waals surface area (Å²) in [6, 6.07) is -1.03. The van der Waals surface area contributed by atoms with Crippen molar-refractivity contribution in [2.75, 3.05) is 13.2 Å². The molecule has 0 spiro atoms. The standard InChI is InChI=1S/C69H125NO10/c1-4-7-10-13-16-19-22-25-26-27-28-29-30-31-32-33-34-35-36-37-39-41-44-47-50-53-56-62(73)68(77)70-60(61(72)55-52-49-46-43-40-24-21-18-15-12-9-6-3)59-78-69-67(66(76)65(75)63(58-71)79-69)80-64(74)57-54-51-48-45-42-38-23-20-17-14-11-8-5-2/h8,11,14,17,20,23,38,42,52,55,60-63,65-67,69,71-73,75-76H,4-7,9-10,12-13,15-16,18-19,21-22,24-37,39-41,43-51,53-54,56-59H2,1-3H3,(H,70,77)/b11-8+,17-14+,23-20-,42-38-,55-52+. The number of allylic oxidation sites excluding steroid dienone is 9. The predicted molar refractivity (Wildman–Crippen MR) is 333 cm³/mol. The summed E-state index contributed by atoms with van der Waals surface area (Å²) in [4.78, 5) is 26.5. The monoisotopic (exact) mass is 1130 g/mol. The van der Waals surface area contributed by atoms with Crippen LogP contribution in [-0.4, -0.2) is 99.6 Å². The molecule has 80 heavy (non-hydrogen) atoms. The molecule has 1 heterocycles. The zero-order chi connectivity index (χ0) is 58.2. The van der Waals surface area contributed by atoms with Crippen LogP contribution in [0.5, 0.6) is 0 Å². The number of unbranched alkanes of at least 4 members (excludes halogenated alkanes) is 38. The van der Waals surface area contributed by atoms with Crippen molar-refractivity contribution < 1.29 is 49.3 Å². The van der Waals surface area contributed by atoms with E-state index < -0.39 is 67.4 Å². The third kappa shape index (κ3) is 44.0. The fourth-order valence-corrected chi connectivity index (χ4v) is 10.5. The van der Waals surface area contributed by atoms with Crippen LogP contribution in [0, 0.1) is 0 Å². The van der Waals surface area contributed by atoms with Crippen molar-refractivity contribution in [3.05, 3.63) is 60.8 Å². The van der Waals surface area contributed by atoms with Crippen LogP contribution in [0.4, 0.5) is 0 Å². The molecule has 0 aromatic rings. The summed E-state index contributed by atoms with van der Waals surface area (Å²) in [5, 5.41) is 57.0. The van der Waals surface area contributed by atoms with Gasteiger partial charge in [0.25, 0.3) is 0 Å². The Morgan fingerprint density at radius 1 is 0.500 bits per heavy atom. The minimum absolute atomic E-state index is 0.0773. The first-order chi connectivity index (χ1) is 39.2. The van der Waals surface area contributed by atoms with Crippen molar-refractivity contribution in [3.63, 3.8) is 0 Å². The van der Waals surface area contributed by atoms with Gasteiger partial charge in [-0.25, -0.2) is 0 Å². The van der Waals surface area contributed by atoms with E-state index in [9.17, 15) is 35.1 Å². The van der Waals surface area contributed by atoms with Crippen LogP contribution >= 0.6 is 0 Å². The smallest absolute Gasteiger partial charge is 0.306 e. The van der Waals surface area contributed by atoms with Crippen LogP contribution < -0.4 is 5.32 Å². The van der Waals surface area contributed by atoms with Gasteiger partial charge in [-0.2, -0.15) is 0 Å². The molecule has 0 radical (unpaired) electrons. The fraction of sp³-hybridized carbons (Fsp3) is 0.826. The summed E-state index contributed by atoms with van der Waals surface area (Å²) in [6.07, 6.45) is 61.5. The topological polar surface area (TPSA) is 175 Å². The third-order valence-electron chi connectivity index (χ3n) is 15.8. The first-order valence-corrected chi connectivity index (χ1v) is 33.6. The molecule has 466 valence electrons. The number of hydrogen-bond donors (Lipinski definition) is 6. The Bertz CT molecular complexity index is 1530. The highest BCUT2D eigenvalue weighted by atomic mass is 16.7. The van der Waals surface area contributed by atoms with Crippen LogP contribution in [0.1, 0.15) is 303 Å². The number of carbonyl (C=O) groups is 2. The van der Waals surface area contributed by atoms with Crippen LogP contribution in [0.3, 0.4) is 0 Å². The maximum absolute atomic E-state index is 13.5. The molecule has 8 atom stereocenters. The van der Waals surface area contributed by atoms with Crippen LogP contribution in [0.15, 0.2) is 60.8 Å². The van der Waals surface area contributed by atoms with E-state index in [2.05, 4.69) is 38.2 Å². The van der Waals surface area contributed by atoms with Gasteiger partial charge in [-0.05, 0) is 44.9 Å². The van der Waals surface area contributed by atoms with Crippen LogP contribution in [0.25, 0.3) is 0 Å². The van der Waals surface area contributed by atoms with E-state index in [1.54, 1.807) is 6.08 Å². The molecule has 0 aliphatic carbocycles. The van der Waals surface area contributed by atoms with Gasteiger partial charge in [0.05, 0.1) is 25.4 Å². The molecular formula is C69H125NO10. The predicted octanol–water partition coefficient (Wildman–Crippen LogP) is 16.6. The fourth-order valence-electron chi connectivity index (χ4n) is 10.5. The number of amides is 1. The number of aliphatic hydroxyl groups is 5. The summed E-state index contributed by atoms with van der Waals surface area (Å²) in [7, 11) is 0. The zero-order valence-electron chi connectivity index (χ0n) is 51.7. The van der Waals surface area contributed by atoms with Gasteiger partial charge in [-0.15, -0.1) is 0 Å². The van der Waals surface area contributed by atoms with Gasteiger partial charge in [-0.1, -0.05) is 313 Å². The van der Waals surface area contributed by atoms with Crippen molar-refractivity contribution in [2.45, 2.75) is 352 Å². The van der Waals surface area contributed by atoms with Gasteiger partial charge in [0, 0.05) is 6.42 Å². The van der Waals surface area contributed by atoms with Crippen molar-refractivity contribution >= 4 is 11.9 Å². The van der Waals surface area contributed by atoms with Gasteiger partial charge in [0.15, 0.2) is 12.4 Å². The highest BCUT2D eigenvalue weighted by molar-refractivity contribution is 5.80. The minimum atomic E-state index is -1.63. The van der Waals surface area contributed by atoms with Gasteiger partial charge in [-0.3, -0.25) is 9.59 Å². The van der Waals surface area contributed by atoms with Gasteiger partial charge < -0.3 is 45.1 Å². The van der Waals surface area contributed by atoms with Crippen LogP contribution in [0.2, 0.25) is 0 Å². The second kappa shape index (κ2) is 56.8. The van der Waals surface area contributed by atoms with Crippen molar-refractivity contribution in [1.29, 1.82) is 0 Å². The first kappa shape index (κ1) is 75.4. The van der Waals surface area contributed by atoms with Gasteiger partial charge in [0.2, 0.25) is 5.91 Å². The second-order valence-corrected chi connectivity index (χ2v) is 23.3. The molecule has 1 amide bonds. The lowest BCUT2D eigenvalue weighted by atomic mass is 9.99. The highest BCUT2D eigenvalue weighted by Gasteiger charge is 2.47. The molecule has 8 unspecified atom stereocenters. The number of nitrogens with one attached hydrogen (secondary N) is 1. The maximum Gasteiger partial charge on any atom is 0.306 e. The Labute approximate surface area is 490 Å². The van der Waals surface area contributed by atoms with Crippen LogP contribution in [-0.2, 0) is 23.8 Å². The number of hydrogen-bond acceptors (Lipinski definition) is 10. The lowest BCUT2D eigenvalue weighted by Gasteiger charge is -2.41. The molecule has 1 aliphatic rings. The lowest BCUT2D eigenvalue weighted by Crippen LogP contribution is -2.61. The van der Waals surface area contributed by atoms with E-state index in [1.807, 2.05) is 42.5 Å². The number of carbonyl (C=O) groups excluding carboxylic acids is 2. The average Bonchev–Trinajstić information content (AvgIpc) is 3.45. The molecule has 11 nitrogen and oxygen atoms in total. The van der Waals surface area contributed by atoms with Gasteiger partial charge in [0.1, 0.15) is 24.4 Å². The Morgan fingerprint density at radius 2 is 0.900 bits per heavy atom. The lowest BCUT2D eigenvalue weighted by molar-refractivity contribution is -0.305. The summed E-state index contributed by atoms with van der Waals surface area (Å²) in [5.74, 6) is -1.23. The number of ether oxygens (including phenoxy) is 3. The molecule has 1 saturated heterocycles. The summed E-state index contributed by atoms with van der Waals surface area (Å²) in [6.45, 7) is 5.65. The highest BCUT2D eigenvalue weighted by Crippen LogP contribution is 2.26. The molecular weight excluding hydrogens is 1000 g/mol. The Morgan fingerprint density at radius 3 is 1.35 bits per heavy atom. The number of rotatable bonds is 57. The molecule has 11 heteroatoms. The molecule has 6 N–H and O–H groups in total. The molecule has 0 bridgehead atoms. The second-order valence-electron chi connectivity index (χ2n) is 23.3. The zero-order valence-corrected chi connectivity index (χ0v) is 51.7. The van der Waals surface area contributed by atoms with E-state index in [0.29, 0.717) is 19.3 Å². The summed E-state index contributed by atoms with van der Waals surface area (Å²) in [5.41, 5.74) is 0. The van der Waals surface area contributed by atoms with Gasteiger partial charge >= 0.3 is 5.97 Å². The molecule has 0 aromatic carbocycles. The van der Waals surface area contributed by atoms with Crippen molar-refractivity contribution in [2.24, 2.45) is 0 Å². The average molecular weight is 1130 g/mol. The molecule has 1 rings (SSSR count). The molecule has 1 fully saturated rings. The third-order valence-corrected chi connectivity index (χ3v) is 15.8. The Balaban J connectivity index is 2.56. The number of aliphatic hydroxyl groups excluding tert-OH is 5. The first-order valence-electron chi connectivity index (χ1n) is 33.6. The largest absolute Gasteiger partial charge is 0.454 e. The van der Waals surface area contributed by atoms with E-state index in [4.69, 9.17) is 14.2 Å². The Hall–Kier alpha value is -2.64. The molecule has 0 aromatic heterocycles. The minimum Gasteiger partial charge on any atom is -0.454 e. The normalized spacial score (nSPS) is 19.1. The molecule has 1 aliphatic heterocycles. The van der Waals surface area contributed by atoms with E-state index in [-0.39, 0.29) is 13.0 Å². The quantitative estimate of drug-likeness (QED) is 0.0149. The van der Waals surface area contributed by atoms with E-state index >= 15 is 0 Å². The molecule has 0 saturated carbocycles. The van der Waals surface area contributed by atoms with Crippen molar-refractivity contribution in [1.82, 2.24) is 5.32 Å². The maximum atomic E-state index is 13.5. The summed E-state index contributed by atoms with van der Waals surface area (Å²) < 4.78 is 17.6. The summed E-state index contributed by atoms with van der Waals surface area (Å²) >= 11 is 0. The number of esters is 1. The van der Waals surface area contributed by atoms with E-state index in [1.165, 1.54) is 193 Å². The Kier molecular flexibility index (Phi) is 53.5. The van der Waals surface area contributed by atoms with E-state index in [0.717, 1.165) is 64.2 Å². The van der Waals surface area contributed by atoms with Crippen molar-refractivity contribution in [3.8, 4) is 0 Å². The SMILES string of the molecule is CC/C=C/C=C/C=C\C=C/CCCCCC(=O)OC1C(OCC(NC(=O)C(O)CCCCCCCCCCCCCCCCCCCCCCCCCCCC)C(O)/C=C/CCCCCCCCCCCC)OC(CO)C(O)C1O.